The average molecular weight is 425 g/mol. The van der Waals surface area contributed by atoms with Crippen molar-refractivity contribution in [3.63, 3.8) is 0 Å². The van der Waals surface area contributed by atoms with Crippen molar-refractivity contribution in [2.24, 2.45) is 0 Å². The number of pyridine rings is 1. The Hall–Kier alpha value is -2.93. The van der Waals surface area contributed by atoms with E-state index in [0.717, 1.165) is 60.2 Å². The molecule has 3 aromatic rings. The summed E-state index contributed by atoms with van der Waals surface area (Å²) in [6, 6.07) is 8.61. The number of methoxy groups -OCH3 is 1. The molecule has 31 heavy (non-hydrogen) atoms. The molecule has 164 valence electrons. The molecule has 1 atom stereocenters. The van der Waals surface area contributed by atoms with Crippen LogP contribution in [0.4, 0.5) is 4.39 Å². The molecular weight excluding hydrogens is 395 g/mol. The van der Waals surface area contributed by atoms with Crippen molar-refractivity contribution in [1.82, 2.24) is 19.8 Å². The molecule has 1 aromatic carbocycles. The summed E-state index contributed by atoms with van der Waals surface area (Å²) in [4.78, 5) is 24.0. The standard InChI is InChI=1S/C24H29FN4O2/c1-28(2)23(30)15-29-11-4-5-16(9-12-29)21-14-20-18(8-10-26-24(20)27-21)19-13-17(25)6-7-22(19)31-3/h6-8,10,13-14,16H,4-5,9,11-12,15H2,1-3H3,(H,26,27). The lowest BCUT2D eigenvalue weighted by Gasteiger charge is -2.21. The number of nitrogens with zero attached hydrogens (tertiary/aromatic N) is 3. The molecule has 1 aliphatic rings. The van der Waals surface area contributed by atoms with E-state index in [2.05, 4.69) is 20.9 Å². The summed E-state index contributed by atoms with van der Waals surface area (Å²) >= 11 is 0. The lowest BCUT2D eigenvalue weighted by Crippen LogP contribution is -2.37. The van der Waals surface area contributed by atoms with Gasteiger partial charge in [-0.25, -0.2) is 9.37 Å². The first kappa shape index (κ1) is 21.3. The molecular formula is C24H29FN4O2. The predicted octanol–water partition coefficient (Wildman–Crippen LogP) is 4.04. The van der Waals surface area contributed by atoms with Gasteiger partial charge in [0.25, 0.3) is 0 Å². The number of rotatable bonds is 5. The van der Waals surface area contributed by atoms with E-state index in [4.69, 9.17) is 4.74 Å². The molecule has 4 rings (SSSR count). The maximum atomic E-state index is 14.0. The number of fused-ring (bicyclic) bond motifs is 1. The zero-order valence-corrected chi connectivity index (χ0v) is 18.3. The third-order valence-corrected chi connectivity index (χ3v) is 6.12. The normalized spacial score (nSPS) is 17.5. The Morgan fingerprint density at radius 2 is 2.06 bits per heavy atom. The number of amides is 1. The van der Waals surface area contributed by atoms with Gasteiger partial charge in [0.1, 0.15) is 17.2 Å². The summed E-state index contributed by atoms with van der Waals surface area (Å²) in [5, 5.41) is 0.963. The zero-order valence-electron chi connectivity index (χ0n) is 18.3. The molecule has 1 fully saturated rings. The molecule has 1 saturated heterocycles. The summed E-state index contributed by atoms with van der Waals surface area (Å²) in [6.45, 7) is 2.29. The van der Waals surface area contributed by atoms with Crippen LogP contribution in [-0.2, 0) is 4.79 Å². The van der Waals surface area contributed by atoms with E-state index in [1.54, 1.807) is 38.4 Å². The van der Waals surface area contributed by atoms with Gasteiger partial charge in [-0.2, -0.15) is 0 Å². The Labute approximate surface area is 182 Å². The molecule has 1 unspecified atom stereocenters. The van der Waals surface area contributed by atoms with E-state index in [-0.39, 0.29) is 11.7 Å². The summed E-state index contributed by atoms with van der Waals surface area (Å²) in [6.07, 6.45) is 4.81. The van der Waals surface area contributed by atoms with E-state index in [1.807, 2.05) is 6.07 Å². The minimum atomic E-state index is -0.298. The molecule has 0 saturated carbocycles. The van der Waals surface area contributed by atoms with Crippen LogP contribution in [-0.4, -0.2) is 66.5 Å². The monoisotopic (exact) mass is 424 g/mol. The molecule has 7 heteroatoms. The van der Waals surface area contributed by atoms with Crippen molar-refractivity contribution < 1.29 is 13.9 Å². The van der Waals surface area contributed by atoms with Crippen molar-refractivity contribution in [2.75, 3.05) is 40.8 Å². The Morgan fingerprint density at radius 3 is 2.84 bits per heavy atom. The lowest BCUT2D eigenvalue weighted by atomic mass is 9.96. The number of H-pyrrole nitrogens is 1. The number of benzene rings is 1. The first-order valence-electron chi connectivity index (χ1n) is 10.7. The SMILES string of the molecule is COc1ccc(F)cc1-c1ccnc2[nH]c(C3CCCN(CC(=O)N(C)C)CC3)cc12. The van der Waals surface area contributed by atoms with E-state index in [9.17, 15) is 9.18 Å². The van der Waals surface area contributed by atoms with Crippen LogP contribution < -0.4 is 4.74 Å². The summed E-state index contributed by atoms with van der Waals surface area (Å²) in [5.41, 5.74) is 3.55. The van der Waals surface area contributed by atoms with Crippen LogP contribution in [0.1, 0.15) is 30.9 Å². The van der Waals surface area contributed by atoms with Crippen LogP contribution in [0.3, 0.4) is 0 Å². The van der Waals surface area contributed by atoms with E-state index in [1.165, 1.54) is 12.1 Å². The fourth-order valence-corrected chi connectivity index (χ4v) is 4.35. The average Bonchev–Trinajstić information content (AvgIpc) is 3.06. The number of likely N-dealkylation sites (N-methyl/N-ethyl adjacent to an activating group) is 1. The molecule has 1 N–H and O–H groups in total. The molecule has 0 spiro atoms. The number of carbonyl (C=O) groups is 1. The molecule has 1 amide bonds. The second-order valence-electron chi connectivity index (χ2n) is 8.38. The largest absolute Gasteiger partial charge is 0.496 e. The molecule has 6 nitrogen and oxygen atoms in total. The first-order valence-corrected chi connectivity index (χ1v) is 10.7. The van der Waals surface area contributed by atoms with Gasteiger partial charge >= 0.3 is 0 Å². The number of hydrogen-bond donors (Lipinski definition) is 1. The molecule has 0 aliphatic carbocycles. The van der Waals surface area contributed by atoms with Crippen molar-refractivity contribution in [3.8, 4) is 16.9 Å². The summed E-state index contributed by atoms with van der Waals surface area (Å²) < 4.78 is 19.4. The molecule has 0 radical (unpaired) electrons. The highest BCUT2D eigenvalue weighted by Crippen LogP contribution is 2.37. The molecule has 3 heterocycles. The van der Waals surface area contributed by atoms with Gasteiger partial charge < -0.3 is 14.6 Å². The summed E-state index contributed by atoms with van der Waals surface area (Å²) in [7, 11) is 5.19. The van der Waals surface area contributed by atoms with Crippen LogP contribution in [0.5, 0.6) is 5.75 Å². The Kier molecular flexibility index (Phi) is 6.23. The van der Waals surface area contributed by atoms with Crippen LogP contribution in [0, 0.1) is 5.82 Å². The van der Waals surface area contributed by atoms with Crippen molar-refractivity contribution in [1.29, 1.82) is 0 Å². The third kappa shape index (κ3) is 4.56. The van der Waals surface area contributed by atoms with Gasteiger partial charge in [-0.15, -0.1) is 0 Å². The van der Waals surface area contributed by atoms with Crippen LogP contribution >= 0.6 is 0 Å². The van der Waals surface area contributed by atoms with Gasteiger partial charge in [0.15, 0.2) is 0 Å². The number of likely N-dealkylation sites (tertiary alicyclic amines) is 1. The van der Waals surface area contributed by atoms with Gasteiger partial charge in [0.2, 0.25) is 5.91 Å². The Bertz CT molecular complexity index is 1080. The maximum Gasteiger partial charge on any atom is 0.236 e. The second-order valence-corrected chi connectivity index (χ2v) is 8.38. The van der Waals surface area contributed by atoms with Gasteiger partial charge in [-0.3, -0.25) is 9.69 Å². The minimum absolute atomic E-state index is 0.141. The third-order valence-electron chi connectivity index (χ3n) is 6.12. The minimum Gasteiger partial charge on any atom is -0.496 e. The smallest absolute Gasteiger partial charge is 0.236 e. The fraction of sp³-hybridized carbons (Fsp3) is 0.417. The van der Waals surface area contributed by atoms with E-state index >= 15 is 0 Å². The lowest BCUT2D eigenvalue weighted by molar-refractivity contribution is -0.129. The number of aromatic amines is 1. The highest BCUT2D eigenvalue weighted by atomic mass is 19.1. The van der Waals surface area contributed by atoms with Crippen molar-refractivity contribution in [3.05, 3.63) is 48.0 Å². The topological polar surface area (TPSA) is 61.5 Å². The van der Waals surface area contributed by atoms with Crippen LogP contribution in [0.25, 0.3) is 22.2 Å². The number of hydrogen-bond acceptors (Lipinski definition) is 4. The number of aromatic nitrogens is 2. The number of ether oxygens (including phenoxy) is 1. The van der Waals surface area contributed by atoms with Crippen LogP contribution in [0.2, 0.25) is 0 Å². The second kappa shape index (κ2) is 9.06. The number of carbonyl (C=O) groups excluding carboxylic acids is 1. The molecule has 0 bridgehead atoms. The highest BCUT2D eigenvalue weighted by molar-refractivity contribution is 5.95. The zero-order chi connectivity index (χ0) is 22.0. The van der Waals surface area contributed by atoms with Gasteiger partial charge in [0.05, 0.1) is 13.7 Å². The predicted molar refractivity (Wildman–Crippen MR) is 120 cm³/mol. The highest BCUT2D eigenvalue weighted by Gasteiger charge is 2.23. The van der Waals surface area contributed by atoms with Crippen molar-refractivity contribution in [2.45, 2.75) is 25.2 Å². The maximum absolute atomic E-state index is 14.0. The first-order chi connectivity index (χ1) is 15.0. The van der Waals surface area contributed by atoms with Gasteiger partial charge in [-0.05, 0) is 68.2 Å². The Balaban J connectivity index is 1.60. The van der Waals surface area contributed by atoms with Crippen LogP contribution in [0.15, 0.2) is 36.5 Å². The molecule has 1 aliphatic heterocycles. The number of halogens is 1. The van der Waals surface area contributed by atoms with E-state index < -0.39 is 0 Å². The number of nitrogens with one attached hydrogen (secondary N) is 1. The van der Waals surface area contributed by atoms with E-state index in [0.29, 0.717) is 18.2 Å². The quantitative estimate of drug-likeness (QED) is 0.672. The van der Waals surface area contributed by atoms with Gasteiger partial charge in [0, 0.05) is 42.9 Å². The Morgan fingerprint density at radius 1 is 1.23 bits per heavy atom. The van der Waals surface area contributed by atoms with Gasteiger partial charge in [-0.1, -0.05) is 0 Å². The fourth-order valence-electron chi connectivity index (χ4n) is 4.35. The molecule has 2 aromatic heterocycles. The summed E-state index contributed by atoms with van der Waals surface area (Å²) in [5.74, 6) is 0.845. The van der Waals surface area contributed by atoms with Crippen molar-refractivity contribution >= 4 is 16.9 Å².